The number of rotatable bonds is 4. The average Bonchev–Trinajstić information content (AvgIpc) is 3.43. The van der Waals surface area contributed by atoms with E-state index < -0.39 is 0 Å². The van der Waals surface area contributed by atoms with Gasteiger partial charge in [0.15, 0.2) is 0 Å². The van der Waals surface area contributed by atoms with E-state index >= 15 is 0 Å². The molecule has 3 aromatic heterocycles. The first-order valence-corrected chi connectivity index (χ1v) is 9.11. The maximum absolute atomic E-state index is 12.8. The summed E-state index contributed by atoms with van der Waals surface area (Å²) in [6, 6.07) is 7.87. The monoisotopic (exact) mass is 365 g/mol. The van der Waals surface area contributed by atoms with Crippen molar-refractivity contribution in [2.75, 3.05) is 12.4 Å². The molecule has 0 aliphatic heterocycles. The lowest BCUT2D eigenvalue weighted by atomic mass is 10.2. The molecule has 1 aromatic carbocycles. The van der Waals surface area contributed by atoms with E-state index in [-0.39, 0.29) is 5.56 Å². The zero-order valence-corrected chi connectivity index (χ0v) is 14.8. The molecular formula is C18H15N5O2S. The van der Waals surface area contributed by atoms with Crippen molar-refractivity contribution in [2.45, 2.75) is 18.9 Å². The van der Waals surface area contributed by atoms with Crippen LogP contribution < -0.4 is 15.6 Å². The molecule has 130 valence electrons. The van der Waals surface area contributed by atoms with Gasteiger partial charge in [-0.25, -0.2) is 15.0 Å². The number of nitrogens with zero attached hydrogens (tertiary/aromatic N) is 4. The smallest absolute Gasteiger partial charge is 0.271 e. The highest BCUT2D eigenvalue weighted by atomic mass is 32.1. The van der Waals surface area contributed by atoms with Gasteiger partial charge in [-0.2, -0.15) is 0 Å². The van der Waals surface area contributed by atoms with Crippen molar-refractivity contribution in [3.8, 4) is 5.75 Å². The van der Waals surface area contributed by atoms with Crippen LogP contribution in [0.5, 0.6) is 5.75 Å². The topological polar surface area (TPSA) is 81.9 Å². The van der Waals surface area contributed by atoms with Crippen LogP contribution in [0.2, 0.25) is 0 Å². The Hall–Kier alpha value is -3.00. The molecule has 3 heterocycles. The van der Waals surface area contributed by atoms with Gasteiger partial charge in [0.05, 0.1) is 18.8 Å². The number of aromatic nitrogens is 4. The van der Waals surface area contributed by atoms with Crippen molar-refractivity contribution in [1.82, 2.24) is 19.5 Å². The molecule has 1 fully saturated rings. The average molecular weight is 365 g/mol. The summed E-state index contributed by atoms with van der Waals surface area (Å²) in [5.41, 5.74) is 1.54. The fraction of sp³-hybridized carbons (Fsp3) is 0.222. The zero-order chi connectivity index (χ0) is 17.7. The molecule has 1 saturated carbocycles. The summed E-state index contributed by atoms with van der Waals surface area (Å²) in [6.45, 7) is 0. The molecule has 0 saturated heterocycles. The molecule has 0 spiro atoms. The Bertz CT molecular complexity index is 1180. The highest BCUT2D eigenvalue weighted by Crippen LogP contribution is 2.37. The molecule has 26 heavy (non-hydrogen) atoms. The number of anilines is 2. The molecule has 8 heteroatoms. The molecule has 1 aliphatic carbocycles. The summed E-state index contributed by atoms with van der Waals surface area (Å²) in [4.78, 5) is 26.8. The molecule has 5 rings (SSSR count). The minimum atomic E-state index is 0.0101. The highest BCUT2D eigenvalue weighted by Gasteiger charge is 2.26. The molecule has 0 bridgehead atoms. The minimum absolute atomic E-state index is 0.0101. The molecule has 7 nitrogen and oxygen atoms in total. The van der Waals surface area contributed by atoms with Crippen molar-refractivity contribution in [3.63, 3.8) is 0 Å². The normalized spacial score (nSPS) is 14.0. The second kappa shape index (κ2) is 5.77. The number of hydrogen-bond acceptors (Lipinski definition) is 7. The molecule has 1 N–H and O–H groups in total. The molecule has 0 radical (unpaired) electrons. The summed E-state index contributed by atoms with van der Waals surface area (Å²) < 4.78 is 7.55. The van der Waals surface area contributed by atoms with Gasteiger partial charge in [0.2, 0.25) is 0 Å². The number of nitrogens with one attached hydrogen (secondary N) is 1. The van der Waals surface area contributed by atoms with Crippen LogP contribution in [0.4, 0.5) is 11.5 Å². The third-order valence-electron chi connectivity index (χ3n) is 4.50. The summed E-state index contributed by atoms with van der Waals surface area (Å²) in [6.07, 6.45) is 5.24. The maximum atomic E-state index is 12.8. The first-order valence-electron chi connectivity index (χ1n) is 8.30. The van der Waals surface area contributed by atoms with Gasteiger partial charge in [-0.1, -0.05) is 0 Å². The summed E-state index contributed by atoms with van der Waals surface area (Å²) >= 11 is 1.37. The standard InChI is InChI=1S/C18H15N5O2S/c1-25-12-6-2-10(3-7-12)22-16-13-14-15(26-17(13)20-8-19-16)18(24)23(9-21-14)11-4-5-11/h2-3,6-9,11H,4-5H2,1H3,(H,19,20,22). The Balaban J connectivity index is 1.65. The van der Waals surface area contributed by atoms with Gasteiger partial charge in [0, 0.05) is 11.7 Å². The second-order valence-corrected chi connectivity index (χ2v) is 7.22. The first-order chi connectivity index (χ1) is 12.7. The van der Waals surface area contributed by atoms with Crippen molar-refractivity contribution in [2.24, 2.45) is 0 Å². The zero-order valence-electron chi connectivity index (χ0n) is 14.0. The quantitative estimate of drug-likeness (QED) is 0.596. The van der Waals surface area contributed by atoms with Gasteiger partial charge in [0.1, 0.15) is 32.9 Å². The van der Waals surface area contributed by atoms with E-state index in [1.807, 2.05) is 24.3 Å². The maximum Gasteiger partial charge on any atom is 0.271 e. The van der Waals surface area contributed by atoms with E-state index in [0.717, 1.165) is 34.5 Å². The number of methoxy groups -OCH3 is 1. The van der Waals surface area contributed by atoms with Crippen molar-refractivity contribution in [3.05, 3.63) is 47.3 Å². The van der Waals surface area contributed by atoms with Crippen molar-refractivity contribution in [1.29, 1.82) is 0 Å². The van der Waals surface area contributed by atoms with Crippen LogP contribution in [0.3, 0.4) is 0 Å². The number of fused-ring (bicyclic) bond motifs is 3. The number of benzene rings is 1. The predicted octanol–water partition coefficient (Wildman–Crippen LogP) is 3.49. The summed E-state index contributed by atoms with van der Waals surface area (Å²) in [5, 5.41) is 4.08. The molecule has 1 aliphatic rings. The van der Waals surface area contributed by atoms with Gasteiger partial charge in [-0.3, -0.25) is 9.36 Å². The van der Waals surface area contributed by atoms with Crippen LogP contribution in [0.15, 0.2) is 41.7 Å². The van der Waals surface area contributed by atoms with Gasteiger partial charge >= 0.3 is 0 Å². The van der Waals surface area contributed by atoms with Gasteiger partial charge in [0.25, 0.3) is 5.56 Å². The van der Waals surface area contributed by atoms with E-state index in [4.69, 9.17) is 4.74 Å². The van der Waals surface area contributed by atoms with Crippen molar-refractivity contribution < 1.29 is 4.74 Å². The SMILES string of the molecule is COc1ccc(Nc2ncnc3sc4c(=O)n(C5CC5)cnc4c23)cc1. The molecular weight excluding hydrogens is 350 g/mol. The second-order valence-electron chi connectivity index (χ2n) is 6.22. The van der Waals surface area contributed by atoms with Crippen LogP contribution in [0.25, 0.3) is 20.4 Å². The Morgan fingerprint density at radius 3 is 2.73 bits per heavy atom. The first kappa shape index (κ1) is 15.3. The lowest BCUT2D eigenvalue weighted by Crippen LogP contribution is -2.18. The Kier molecular flexibility index (Phi) is 3.39. The molecule has 0 amide bonds. The van der Waals surface area contributed by atoms with E-state index in [2.05, 4.69) is 20.3 Å². The van der Waals surface area contributed by atoms with Crippen LogP contribution >= 0.6 is 11.3 Å². The van der Waals surface area contributed by atoms with E-state index in [1.54, 1.807) is 18.0 Å². The molecule has 4 aromatic rings. The van der Waals surface area contributed by atoms with Crippen LogP contribution in [0.1, 0.15) is 18.9 Å². The fourth-order valence-corrected chi connectivity index (χ4v) is 4.03. The van der Waals surface area contributed by atoms with Crippen molar-refractivity contribution >= 4 is 43.3 Å². The van der Waals surface area contributed by atoms with E-state index in [9.17, 15) is 4.79 Å². The lowest BCUT2D eigenvalue weighted by molar-refractivity contribution is 0.415. The minimum Gasteiger partial charge on any atom is -0.497 e. The Morgan fingerprint density at radius 2 is 2.00 bits per heavy atom. The van der Waals surface area contributed by atoms with E-state index in [0.29, 0.717) is 22.1 Å². The van der Waals surface area contributed by atoms with Gasteiger partial charge in [-0.05, 0) is 37.1 Å². The summed E-state index contributed by atoms with van der Waals surface area (Å²) in [5.74, 6) is 1.43. The van der Waals surface area contributed by atoms with E-state index in [1.165, 1.54) is 17.7 Å². The lowest BCUT2D eigenvalue weighted by Gasteiger charge is -2.07. The van der Waals surface area contributed by atoms with Crippen LogP contribution in [0, 0.1) is 0 Å². The Morgan fingerprint density at radius 1 is 1.19 bits per heavy atom. The van der Waals surface area contributed by atoms with Crippen LogP contribution in [-0.2, 0) is 0 Å². The summed E-state index contributed by atoms with van der Waals surface area (Å²) in [7, 11) is 1.63. The third kappa shape index (κ3) is 2.41. The van der Waals surface area contributed by atoms with Crippen LogP contribution in [-0.4, -0.2) is 26.6 Å². The predicted molar refractivity (Wildman–Crippen MR) is 102 cm³/mol. The molecule has 0 unspecified atom stereocenters. The highest BCUT2D eigenvalue weighted by molar-refractivity contribution is 7.25. The number of hydrogen-bond donors (Lipinski definition) is 1. The van der Waals surface area contributed by atoms with Gasteiger partial charge in [-0.15, -0.1) is 11.3 Å². The largest absolute Gasteiger partial charge is 0.497 e. The molecule has 0 atom stereocenters. The Labute approximate surface area is 152 Å². The third-order valence-corrected chi connectivity index (χ3v) is 5.57. The number of ether oxygens (including phenoxy) is 1. The van der Waals surface area contributed by atoms with Gasteiger partial charge < -0.3 is 10.1 Å². The number of thiophene rings is 1. The fourth-order valence-electron chi connectivity index (χ4n) is 3.00.